The lowest BCUT2D eigenvalue weighted by molar-refractivity contribution is 0.0781. The van der Waals surface area contributed by atoms with Crippen molar-refractivity contribution in [3.05, 3.63) is 33.8 Å². The highest BCUT2D eigenvalue weighted by Crippen LogP contribution is 2.28. The number of rotatable bonds is 1. The van der Waals surface area contributed by atoms with Gasteiger partial charge >= 0.3 is 0 Å². The molecule has 3 nitrogen and oxygen atoms in total. The van der Waals surface area contributed by atoms with E-state index in [4.69, 9.17) is 0 Å². The third-order valence-corrected chi connectivity index (χ3v) is 4.59. The summed E-state index contributed by atoms with van der Waals surface area (Å²) in [7, 11) is 0. The Morgan fingerprint density at radius 3 is 2.61 bits per heavy atom. The zero-order valence-corrected chi connectivity index (χ0v) is 12.0. The Morgan fingerprint density at radius 2 is 2.00 bits per heavy atom. The maximum Gasteiger partial charge on any atom is 0.254 e. The van der Waals surface area contributed by atoms with Gasteiger partial charge in [-0.05, 0) is 42.5 Å². The first-order valence-corrected chi connectivity index (χ1v) is 7.20. The fourth-order valence-electron chi connectivity index (χ4n) is 3.06. The van der Waals surface area contributed by atoms with Gasteiger partial charge in [0.25, 0.3) is 5.91 Å². The first-order valence-electron chi connectivity index (χ1n) is 6.41. The van der Waals surface area contributed by atoms with Crippen molar-refractivity contribution in [3.8, 4) is 0 Å². The van der Waals surface area contributed by atoms with Crippen LogP contribution in [0.4, 0.5) is 0 Å². The zero-order valence-electron chi connectivity index (χ0n) is 10.4. The van der Waals surface area contributed by atoms with Crippen LogP contribution >= 0.6 is 15.9 Å². The van der Waals surface area contributed by atoms with Gasteiger partial charge in [-0.2, -0.15) is 0 Å². The molecule has 0 aromatic heterocycles. The summed E-state index contributed by atoms with van der Waals surface area (Å²) < 4.78 is 1.03. The van der Waals surface area contributed by atoms with Gasteiger partial charge in [0.2, 0.25) is 0 Å². The van der Waals surface area contributed by atoms with Crippen LogP contribution in [-0.4, -0.2) is 37.0 Å². The molecule has 2 unspecified atom stereocenters. The first-order chi connectivity index (χ1) is 8.65. The third kappa shape index (κ3) is 2.08. The minimum atomic E-state index is 0.189. The highest BCUT2D eigenvalue weighted by atomic mass is 79.9. The van der Waals surface area contributed by atoms with E-state index >= 15 is 0 Å². The third-order valence-electron chi connectivity index (χ3n) is 4.10. The second kappa shape index (κ2) is 4.67. The number of hydrogen-bond donors (Lipinski definition) is 1. The molecule has 3 rings (SSSR count). The van der Waals surface area contributed by atoms with Gasteiger partial charge in [-0.1, -0.05) is 15.9 Å². The van der Waals surface area contributed by atoms with E-state index in [9.17, 15) is 4.79 Å². The second-order valence-corrected chi connectivity index (χ2v) is 6.26. The summed E-state index contributed by atoms with van der Waals surface area (Å²) in [5.74, 6) is 1.50. The van der Waals surface area contributed by atoms with Crippen molar-refractivity contribution in [1.82, 2.24) is 10.2 Å². The van der Waals surface area contributed by atoms with Gasteiger partial charge < -0.3 is 10.2 Å². The number of aryl methyl sites for hydroxylation is 1. The Bertz CT molecular complexity index is 477. The van der Waals surface area contributed by atoms with Crippen LogP contribution in [0.1, 0.15) is 15.9 Å². The van der Waals surface area contributed by atoms with Gasteiger partial charge in [0.1, 0.15) is 0 Å². The molecule has 1 aromatic rings. The number of hydrogen-bond acceptors (Lipinski definition) is 2. The average molecular weight is 309 g/mol. The molecule has 1 N–H and O–H groups in total. The van der Waals surface area contributed by atoms with Crippen LogP contribution in [0.5, 0.6) is 0 Å². The van der Waals surface area contributed by atoms with Crippen molar-refractivity contribution >= 4 is 21.8 Å². The minimum Gasteiger partial charge on any atom is -0.338 e. The van der Waals surface area contributed by atoms with Crippen molar-refractivity contribution in [2.75, 3.05) is 26.2 Å². The van der Waals surface area contributed by atoms with E-state index in [1.807, 2.05) is 30.0 Å². The van der Waals surface area contributed by atoms with Crippen molar-refractivity contribution in [2.45, 2.75) is 6.92 Å². The molecule has 2 aliphatic rings. The minimum absolute atomic E-state index is 0.189. The van der Waals surface area contributed by atoms with Gasteiger partial charge in [-0.15, -0.1) is 0 Å². The Kier molecular flexibility index (Phi) is 3.16. The van der Waals surface area contributed by atoms with Crippen molar-refractivity contribution in [1.29, 1.82) is 0 Å². The fraction of sp³-hybridized carbons (Fsp3) is 0.500. The molecule has 1 amide bonds. The highest BCUT2D eigenvalue weighted by Gasteiger charge is 2.38. The van der Waals surface area contributed by atoms with E-state index in [1.165, 1.54) is 0 Å². The van der Waals surface area contributed by atoms with Crippen LogP contribution in [0, 0.1) is 18.8 Å². The molecule has 2 fully saturated rings. The van der Waals surface area contributed by atoms with Crippen LogP contribution in [0.2, 0.25) is 0 Å². The lowest BCUT2D eigenvalue weighted by atomic mass is 10.0. The van der Waals surface area contributed by atoms with Crippen LogP contribution in [0.15, 0.2) is 22.7 Å². The number of benzene rings is 1. The smallest absolute Gasteiger partial charge is 0.254 e. The number of likely N-dealkylation sites (tertiary alicyclic amines) is 1. The molecule has 2 heterocycles. The van der Waals surface area contributed by atoms with Crippen LogP contribution in [0.3, 0.4) is 0 Å². The fourth-order valence-corrected chi connectivity index (χ4v) is 3.53. The molecular formula is C14H17BrN2O. The molecule has 2 atom stereocenters. The predicted octanol–water partition coefficient (Wildman–Crippen LogP) is 2.05. The van der Waals surface area contributed by atoms with Crippen LogP contribution < -0.4 is 5.32 Å². The topological polar surface area (TPSA) is 32.3 Å². The molecule has 18 heavy (non-hydrogen) atoms. The number of nitrogens with zero attached hydrogens (tertiary/aromatic N) is 1. The van der Waals surface area contributed by atoms with Gasteiger partial charge in [0, 0.05) is 36.2 Å². The number of amides is 1. The summed E-state index contributed by atoms with van der Waals surface area (Å²) >= 11 is 3.44. The van der Waals surface area contributed by atoms with E-state index in [1.54, 1.807) is 0 Å². The molecule has 0 saturated carbocycles. The highest BCUT2D eigenvalue weighted by molar-refractivity contribution is 9.10. The number of carbonyl (C=O) groups is 1. The second-order valence-electron chi connectivity index (χ2n) is 5.35. The van der Waals surface area contributed by atoms with E-state index in [0.29, 0.717) is 11.8 Å². The monoisotopic (exact) mass is 308 g/mol. The molecular weight excluding hydrogens is 292 g/mol. The van der Waals surface area contributed by atoms with Crippen molar-refractivity contribution in [3.63, 3.8) is 0 Å². The SMILES string of the molecule is Cc1cc(Br)ccc1C(=O)N1CC2CNCC2C1. The lowest BCUT2D eigenvalue weighted by Gasteiger charge is -2.18. The Balaban J connectivity index is 1.79. The number of halogens is 1. The zero-order chi connectivity index (χ0) is 12.7. The molecule has 2 saturated heterocycles. The number of nitrogens with one attached hydrogen (secondary N) is 1. The van der Waals surface area contributed by atoms with Gasteiger partial charge in [-0.3, -0.25) is 4.79 Å². The molecule has 2 aliphatic heterocycles. The molecule has 0 aliphatic carbocycles. The van der Waals surface area contributed by atoms with Gasteiger partial charge in [0.05, 0.1) is 0 Å². The van der Waals surface area contributed by atoms with Crippen LogP contribution in [0.25, 0.3) is 0 Å². The van der Waals surface area contributed by atoms with Crippen molar-refractivity contribution in [2.24, 2.45) is 11.8 Å². The Hall–Kier alpha value is -0.870. The Morgan fingerprint density at radius 1 is 1.33 bits per heavy atom. The number of fused-ring (bicyclic) bond motifs is 1. The summed E-state index contributed by atoms with van der Waals surface area (Å²) in [4.78, 5) is 14.5. The molecule has 0 radical (unpaired) electrons. The quantitative estimate of drug-likeness (QED) is 0.861. The van der Waals surface area contributed by atoms with Crippen molar-refractivity contribution < 1.29 is 4.79 Å². The van der Waals surface area contributed by atoms with E-state index in [2.05, 4.69) is 21.2 Å². The summed E-state index contributed by atoms with van der Waals surface area (Å²) in [6.07, 6.45) is 0. The largest absolute Gasteiger partial charge is 0.338 e. The van der Waals surface area contributed by atoms with E-state index < -0.39 is 0 Å². The molecule has 4 heteroatoms. The summed E-state index contributed by atoms with van der Waals surface area (Å²) in [5, 5.41) is 3.40. The van der Waals surface area contributed by atoms with E-state index in [0.717, 1.165) is 41.8 Å². The van der Waals surface area contributed by atoms with Gasteiger partial charge in [-0.25, -0.2) is 0 Å². The predicted molar refractivity (Wildman–Crippen MR) is 74.6 cm³/mol. The van der Waals surface area contributed by atoms with Gasteiger partial charge in [0.15, 0.2) is 0 Å². The first kappa shape index (κ1) is 12.2. The molecule has 0 spiro atoms. The molecule has 0 bridgehead atoms. The van der Waals surface area contributed by atoms with E-state index in [-0.39, 0.29) is 5.91 Å². The maximum absolute atomic E-state index is 12.5. The normalized spacial score (nSPS) is 26.4. The summed E-state index contributed by atoms with van der Waals surface area (Å²) in [5.41, 5.74) is 1.88. The Labute approximate surface area is 116 Å². The summed E-state index contributed by atoms with van der Waals surface area (Å²) in [6, 6.07) is 5.87. The standard InChI is InChI=1S/C14H17BrN2O/c1-9-4-12(15)2-3-13(9)14(18)17-7-10-5-16-6-11(10)8-17/h2-4,10-11,16H,5-8H2,1H3. The average Bonchev–Trinajstić information content (AvgIpc) is 2.87. The lowest BCUT2D eigenvalue weighted by Crippen LogP contribution is -2.32. The van der Waals surface area contributed by atoms with Crippen LogP contribution in [-0.2, 0) is 0 Å². The number of carbonyl (C=O) groups excluding carboxylic acids is 1. The summed E-state index contributed by atoms with van der Waals surface area (Å²) in [6.45, 7) is 5.94. The molecule has 1 aromatic carbocycles. The molecule has 96 valence electrons. The maximum atomic E-state index is 12.5.